The summed E-state index contributed by atoms with van der Waals surface area (Å²) in [5.74, 6) is 1.81. The normalized spacial score (nSPS) is 12.0. The van der Waals surface area contributed by atoms with Crippen LogP contribution in [0.15, 0.2) is 59.6 Å². The number of amides is 1. The lowest BCUT2D eigenvalue weighted by Crippen LogP contribution is -2.42. The van der Waals surface area contributed by atoms with E-state index >= 15 is 0 Å². The molecule has 2 aromatic carbocycles. The van der Waals surface area contributed by atoms with Gasteiger partial charge in [-0.2, -0.15) is 0 Å². The van der Waals surface area contributed by atoms with Gasteiger partial charge < -0.3 is 25.4 Å². The van der Waals surface area contributed by atoms with Crippen LogP contribution in [0.4, 0.5) is 0 Å². The summed E-state index contributed by atoms with van der Waals surface area (Å²) in [7, 11) is 1.61. The van der Waals surface area contributed by atoms with Gasteiger partial charge in [0.05, 0.1) is 13.7 Å². The Kier molecular flexibility index (Phi) is 9.35. The van der Waals surface area contributed by atoms with Crippen molar-refractivity contribution < 1.29 is 14.3 Å². The maximum Gasteiger partial charge on any atom is 0.242 e. The van der Waals surface area contributed by atoms with E-state index in [-0.39, 0.29) is 18.6 Å². The van der Waals surface area contributed by atoms with E-state index in [2.05, 4.69) is 20.9 Å². The van der Waals surface area contributed by atoms with Gasteiger partial charge in [-0.05, 0) is 31.5 Å². The van der Waals surface area contributed by atoms with Crippen molar-refractivity contribution in [3.8, 4) is 11.5 Å². The van der Waals surface area contributed by atoms with Crippen LogP contribution in [0, 0.1) is 0 Å². The first-order valence-electron chi connectivity index (χ1n) is 9.74. The minimum atomic E-state index is -0.135. The van der Waals surface area contributed by atoms with Crippen molar-refractivity contribution in [2.24, 2.45) is 4.99 Å². The molecule has 0 aliphatic carbocycles. The van der Waals surface area contributed by atoms with Crippen LogP contribution in [0.5, 0.6) is 11.5 Å². The highest BCUT2D eigenvalue weighted by Crippen LogP contribution is 2.26. The molecule has 3 N–H and O–H groups in total. The summed E-state index contributed by atoms with van der Waals surface area (Å²) in [6.07, 6.45) is -0.123. The summed E-state index contributed by atoms with van der Waals surface area (Å²) in [5.41, 5.74) is 1.05. The van der Waals surface area contributed by atoms with Gasteiger partial charge in [-0.1, -0.05) is 42.5 Å². The molecule has 7 heteroatoms. The first-order chi connectivity index (χ1) is 14.1. The molecule has 0 spiro atoms. The number of aliphatic imine (C=N–C) groups is 1. The fraction of sp³-hybridized carbons (Fsp3) is 0.364. The lowest BCUT2D eigenvalue weighted by atomic mass is 10.2. The van der Waals surface area contributed by atoms with Gasteiger partial charge in [-0.15, -0.1) is 0 Å². The molecule has 7 nitrogen and oxygen atoms in total. The molecule has 0 aliphatic heterocycles. The summed E-state index contributed by atoms with van der Waals surface area (Å²) in [5, 5.41) is 9.20. The topological polar surface area (TPSA) is 84.0 Å². The van der Waals surface area contributed by atoms with Gasteiger partial charge in [0.2, 0.25) is 5.91 Å². The number of hydrogen-bond acceptors (Lipinski definition) is 4. The molecule has 1 unspecified atom stereocenters. The lowest BCUT2D eigenvalue weighted by Gasteiger charge is -2.19. The summed E-state index contributed by atoms with van der Waals surface area (Å²) >= 11 is 0. The predicted octanol–water partition coefficient (Wildman–Crippen LogP) is 2.33. The number of nitrogens with zero attached hydrogens (tertiary/aromatic N) is 1. The highest BCUT2D eigenvalue weighted by molar-refractivity contribution is 5.84. The third-order valence-corrected chi connectivity index (χ3v) is 4.01. The number of guanidine groups is 1. The third-order valence-electron chi connectivity index (χ3n) is 4.01. The molecule has 0 saturated heterocycles. The summed E-state index contributed by atoms with van der Waals surface area (Å²) in [6.45, 7) is 5.68. The van der Waals surface area contributed by atoms with Gasteiger partial charge in [0, 0.05) is 13.1 Å². The van der Waals surface area contributed by atoms with Crippen molar-refractivity contribution in [3.63, 3.8) is 0 Å². The van der Waals surface area contributed by atoms with Crippen LogP contribution >= 0.6 is 0 Å². The second-order valence-corrected chi connectivity index (χ2v) is 6.42. The zero-order chi connectivity index (χ0) is 20.9. The highest BCUT2D eigenvalue weighted by Gasteiger charge is 2.10. The van der Waals surface area contributed by atoms with Crippen molar-refractivity contribution in [2.45, 2.75) is 26.5 Å². The van der Waals surface area contributed by atoms with E-state index in [0.717, 1.165) is 5.56 Å². The van der Waals surface area contributed by atoms with Crippen LogP contribution < -0.4 is 25.4 Å². The highest BCUT2D eigenvalue weighted by atomic mass is 16.5. The van der Waals surface area contributed by atoms with E-state index < -0.39 is 0 Å². The Labute approximate surface area is 172 Å². The molecule has 0 bridgehead atoms. The lowest BCUT2D eigenvalue weighted by molar-refractivity contribution is -0.119. The summed E-state index contributed by atoms with van der Waals surface area (Å²) in [6, 6.07) is 17.3. The number of hydrogen-bond donors (Lipinski definition) is 3. The van der Waals surface area contributed by atoms with Gasteiger partial charge in [0.15, 0.2) is 17.5 Å². The van der Waals surface area contributed by atoms with Crippen molar-refractivity contribution in [1.82, 2.24) is 16.0 Å². The molecular weight excluding hydrogens is 368 g/mol. The SMILES string of the molecule is CCNC(=NCC(=O)NCc1ccccc1)NCC(C)Oc1ccccc1OC. The fourth-order valence-electron chi connectivity index (χ4n) is 2.56. The van der Waals surface area contributed by atoms with Crippen LogP contribution in [-0.2, 0) is 11.3 Å². The zero-order valence-electron chi connectivity index (χ0n) is 17.3. The van der Waals surface area contributed by atoms with E-state index in [1.165, 1.54) is 0 Å². The molecule has 0 fully saturated rings. The number of benzene rings is 2. The van der Waals surface area contributed by atoms with Crippen molar-refractivity contribution in [2.75, 3.05) is 26.7 Å². The monoisotopic (exact) mass is 398 g/mol. The number of para-hydroxylation sites is 2. The van der Waals surface area contributed by atoms with Gasteiger partial charge in [0.1, 0.15) is 12.6 Å². The standard InChI is InChI=1S/C22H30N4O3/c1-4-23-22(26-16-21(27)24-15-18-10-6-5-7-11-18)25-14-17(2)29-20-13-9-8-12-19(20)28-3/h5-13,17H,4,14-16H2,1-3H3,(H,24,27)(H2,23,25,26). The molecule has 0 heterocycles. The van der Waals surface area contributed by atoms with Gasteiger partial charge in [-0.25, -0.2) is 4.99 Å². The van der Waals surface area contributed by atoms with Crippen LogP contribution in [-0.4, -0.2) is 44.7 Å². The van der Waals surface area contributed by atoms with Crippen molar-refractivity contribution >= 4 is 11.9 Å². The van der Waals surface area contributed by atoms with Crippen LogP contribution in [0.2, 0.25) is 0 Å². The average Bonchev–Trinajstić information content (AvgIpc) is 2.75. The van der Waals surface area contributed by atoms with E-state index in [1.807, 2.05) is 68.4 Å². The Hall–Kier alpha value is -3.22. The maximum absolute atomic E-state index is 12.1. The van der Waals surface area contributed by atoms with Crippen LogP contribution in [0.1, 0.15) is 19.4 Å². The Bertz CT molecular complexity index is 781. The quantitative estimate of drug-likeness (QED) is 0.423. The second-order valence-electron chi connectivity index (χ2n) is 6.42. The molecule has 0 aromatic heterocycles. The number of methoxy groups -OCH3 is 1. The molecule has 0 saturated carbocycles. The molecule has 2 rings (SSSR count). The molecule has 156 valence electrons. The van der Waals surface area contributed by atoms with E-state index in [0.29, 0.717) is 37.1 Å². The van der Waals surface area contributed by atoms with Crippen LogP contribution in [0.25, 0.3) is 0 Å². The molecule has 1 atom stereocenters. The molecule has 0 aliphatic rings. The minimum Gasteiger partial charge on any atom is -0.493 e. The van der Waals surface area contributed by atoms with Crippen molar-refractivity contribution in [3.05, 3.63) is 60.2 Å². The third kappa shape index (κ3) is 8.13. The number of carbonyl (C=O) groups excluding carboxylic acids is 1. The number of carbonyl (C=O) groups is 1. The summed E-state index contributed by atoms with van der Waals surface area (Å²) in [4.78, 5) is 16.4. The molecule has 0 radical (unpaired) electrons. The summed E-state index contributed by atoms with van der Waals surface area (Å²) < 4.78 is 11.2. The van der Waals surface area contributed by atoms with Crippen LogP contribution in [0.3, 0.4) is 0 Å². The first-order valence-corrected chi connectivity index (χ1v) is 9.74. The number of rotatable bonds is 10. The van der Waals surface area contributed by atoms with Crippen molar-refractivity contribution in [1.29, 1.82) is 0 Å². The Morgan fingerprint density at radius 1 is 1.00 bits per heavy atom. The average molecular weight is 399 g/mol. The first kappa shape index (κ1) is 22.1. The maximum atomic E-state index is 12.1. The minimum absolute atomic E-state index is 0.0455. The van der Waals surface area contributed by atoms with E-state index in [9.17, 15) is 4.79 Å². The Balaban J connectivity index is 1.81. The molecular formula is C22H30N4O3. The molecule has 29 heavy (non-hydrogen) atoms. The zero-order valence-corrected chi connectivity index (χ0v) is 17.3. The molecule has 2 aromatic rings. The van der Waals surface area contributed by atoms with Gasteiger partial charge in [0.25, 0.3) is 0 Å². The Morgan fingerprint density at radius 3 is 2.38 bits per heavy atom. The largest absolute Gasteiger partial charge is 0.493 e. The Morgan fingerprint density at radius 2 is 1.69 bits per heavy atom. The van der Waals surface area contributed by atoms with Gasteiger partial charge >= 0.3 is 0 Å². The molecule has 1 amide bonds. The smallest absolute Gasteiger partial charge is 0.242 e. The fourth-order valence-corrected chi connectivity index (χ4v) is 2.56. The number of ether oxygens (including phenoxy) is 2. The van der Waals surface area contributed by atoms with E-state index in [4.69, 9.17) is 9.47 Å². The van der Waals surface area contributed by atoms with Gasteiger partial charge in [-0.3, -0.25) is 4.79 Å². The van der Waals surface area contributed by atoms with E-state index in [1.54, 1.807) is 7.11 Å². The second kappa shape index (κ2) is 12.3. The predicted molar refractivity (Wildman–Crippen MR) is 115 cm³/mol. The number of nitrogens with one attached hydrogen (secondary N) is 3.